The maximum atomic E-state index is 9.71. The minimum Gasteiger partial charge on any atom is -0.495 e. The van der Waals surface area contributed by atoms with E-state index in [1.807, 2.05) is 25.1 Å². The van der Waals surface area contributed by atoms with E-state index in [0.717, 1.165) is 31.6 Å². The second-order valence-electron chi connectivity index (χ2n) is 4.91. The Morgan fingerprint density at radius 1 is 1.50 bits per heavy atom. The summed E-state index contributed by atoms with van der Waals surface area (Å²) in [4.78, 5) is 2.29. The molecule has 2 atom stereocenters. The molecule has 1 aliphatic rings. The Morgan fingerprint density at radius 3 is 2.94 bits per heavy atom. The predicted octanol–water partition coefficient (Wildman–Crippen LogP) is 2.95. The van der Waals surface area contributed by atoms with Crippen LogP contribution >= 0.6 is 11.6 Å². The van der Waals surface area contributed by atoms with Crippen LogP contribution in [-0.4, -0.2) is 31.4 Å². The monoisotopic (exact) mass is 269 g/mol. The van der Waals surface area contributed by atoms with Gasteiger partial charge in [0.2, 0.25) is 0 Å². The van der Waals surface area contributed by atoms with Crippen LogP contribution in [0.3, 0.4) is 0 Å². The molecule has 0 amide bonds. The van der Waals surface area contributed by atoms with Crippen molar-refractivity contribution in [1.29, 1.82) is 0 Å². The summed E-state index contributed by atoms with van der Waals surface area (Å²) in [6.45, 7) is 3.78. The van der Waals surface area contributed by atoms with E-state index in [1.54, 1.807) is 7.11 Å². The van der Waals surface area contributed by atoms with Crippen molar-refractivity contribution in [1.82, 2.24) is 0 Å². The average molecular weight is 270 g/mol. The van der Waals surface area contributed by atoms with Crippen LogP contribution in [0.1, 0.15) is 19.8 Å². The van der Waals surface area contributed by atoms with Crippen LogP contribution in [0.15, 0.2) is 18.2 Å². The number of aliphatic hydroxyl groups excluding tert-OH is 1. The van der Waals surface area contributed by atoms with E-state index in [-0.39, 0.29) is 6.10 Å². The van der Waals surface area contributed by atoms with Crippen molar-refractivity contribution in [3.05, 3.63) is 23.2 Å². The second kappa shape index (κ2) is 5.81. The van der Waals surface area contributed by atoms with E-state index in [2.05, 4.69) is 4.90 Å². The van der Waals surface area contributed by atoms with E-state index in [1.165, 1.54) is 0 Å². The fourth-order valence-corrected chi connectivity index (χ4v) is 2.68. The van der Waals surface area contributed by atoms with E-state index in [0.29, 0.717) is 16.7 Å². The summed E-state index contributed by atoms with van der Waals surface area (Å²) in [5, 5.41) is 10.3. The summed E-state index contributed by atoms with van der Waals surface area (Å²) in [7, 11) is 1.62. The lowest BCUT2D eigenvalue weighted by Crippen LogP contribution is -2.39. The Balaban J connectivity index is 2.15. The van der Waals surface area contributed by atoms with Crippen LogP contribution in [-0.2, 0) is 0 Å². The molecule has 0 aromatic heterocycles. The molecule has 0 spiro atoms. The van der Waals surface area contributed by atoms with E-state index in [4.69, 9.17) is 16.3 Å². The van der Waals surface area contributed by atoms with Gasteiger partial charge in [-0.15, -0.1) is 0 Å². The molecule has 2 unspecified atom stereocenters. The summed E-state index contributed by atoms with van der Waals surface area (Å²) in [6.07, 6.45) is 1.96. The van der Waals surface area contributed by atoms with Gasteiger partial charge in [0.25, 0.3) is 0 Å². The molecular formula is C14H20ClNO2. The van der Waals surface area contributed by atoms with Crippen molar-refractivity contribution in [3.8, 4) is 5.75 Å². The third-order valence-electron chi connectivity index (χ3n) is 3.64. The maximum absolute atomic E-state index is 9.71. The third kappa shape index (κ3) is 2.90. The lowest BCUT2D eigenvalue weighted by Gasteiger charge is -2.35. The van der Waals surface area contributed by atoms with Crippen LogP contribution in [0.25, 0.3) is 0 Å². The lowest BCUT2D eigenvalue weighted by molar-refractivity contribution is 0.115. The van der Waals surface area contributed by atoms with Crippen molar-refractivity contribution in [2.24, 2.45) is 5.92 Å². The number of ether oxygens (including phenoxy) is 1. The molecule has 2 rings (SSSR count). The van der Waals surface area contributed by atoms with Crippen molar-refractivity contribution in [2.75, 3.05) is 25.1 Å². The Bertz CT molecular complexity index is 409. The number of aliphatic hydroxyl groups is 1. The molecule has 1 aromatic rings. The fraction of sp³-hybridized carbons (Fsp3) is 0.571. The summed E-state index contributed by atoms with van der Waals surface area (Å²) in [5.41, 5.74) is 1.11. The molecule has 18 heavy (non-hydrogen) atoms. The molecular weight excluding hydrogens is 250 g/mol. The first kappa shape index (κ1) is 13.5. The molecule has 0 saturated carbocycles. The van der Waals surface area contributed by atoms with Crippen LogP contribution in [0, 0.1) is 5.92 Å². The summed E-state index contributed by atoms with van der Waals surface area (Å²) in [5.74, 6) is 1.05. The molecule has 1 aromatic carbocycles. The summed E-state index contributed by atoms with van der Waals surface area (Å²) < 4.78 is 5.24. The number of hydrogen-bond acceptors (Lipinski definition) is 3. The van der Waals surface area contributed by atoms with Gasteiger partial charge in [0.05, 0.1) is 18.2 Å². The fourth-order valence-electron chi connectivity index (χ4n) is 2.48. The largest absolute Gasteiger partial charge is 0.495 e. The first-order valence-corrected chi connectivity index (χ1v) is 6.76. The molecule has 0 aliphatic carbocycles. The molecule has 4 heteroatoms. The number of piperidine rings is 1. The normalized spacial score (nSPS) is 21.8. The highest BCUT2D eigenvalue weighted by Crippen LogP contribution is 2.32. The quantitative estimate of drug-likeness (QED) is 0.916. The second-order valence-corrected chi connectivity index (χ2v) is 5.31. The zero-order valence-electron chi connectivity index (χ0n) is 10.9. The summed E-state index contributed by atoms with van der Waals surface area (Å²) in [6, 6.07) is 5.84. The minimum absolute atomic E-state index is 0.248. The Labute approximate surface area is 113 Å². The number of hydrogen-bond donors (Lipinski definition) is 1. The highest BCUT2D eigenvalue weighted by Gasteiger charge is 2.23. The van der Waals surface area contributed by atoms with Gasteiger partial charge in [0, 0.05) is 30.8 Å². The number of methoxy groups -OCH3 is 1. The molecule has 100 valence electrons. The first-order chi connectivity index (χ1) is 8.61. The van der Waals surface area contributed by atoms with Crippen molar-refractivity contribution in [3.63, 3.8) is 0 Å². The number of anilines is 1. The van der Waals surface area contributed by atoms with Crippen molar-refractivity contribution < 1.29 is 9.84 Å². The molecule has 1 aliphatic heterocycles. The molecule has 0 bridgehead atoms. The molecule has 1 saturated heterocycles. The number of halogens is 1. The number of rotatable bonds is 3. The zero-order chi connectivity index (χ0) is 13.1. The van der Waals surface area contributed by atoms with Crippen LogP contribution in [0.2, 0.25) is 5.02 Å². The molecule has 0 radical (unpaired) electrons. The maximum Gasteiger partial charge on any atom is 0.139 e. The molecule has 1 N–H and O–H groups in total. The summed E-state index contributed by atoms with van der Waals surface area (Å²) >= 11 is 6.03. The zero-order valence-corrected chi connectivity index (χ0v) is 11.7. The van der Waals surface area contributed by atoms with Crippen LogP contribution in [0.4, 0.5) is 5.69 Å². The SMILES string of the molecule is COc1cc(N2CCCC(C(C)O)C2)ccc1Cl. The molecule has 1 fully saturated rings. The van der Waals surface area contributed by atoms with Gasteiger partial charge in [-0.1, -0.05) is 11.6 Å². The third-order valence-corrected chi connectivity index (χ3v) is 3.95. The molecule has 3 nitrogen and oxygen atoms in total. The Hall–Kier alpha value is -0.930. The Kier molecular flexibility index (Phi) is 4.36. The van der Waals surface area contributed by atoms with Crippen LogP contribution in [0.5, 0.6) is 5.75 Å². The average Bonchev–Trinajstić information content (AvgIpc) is 2.39. The van der Waals surface area contributed by atoms with Gasteiger partial charge in [-0.25, -0.2) is 0 Å². The first-order valence-electron chi connectivity index (χ1n) is 6.38. The number of benzene rings is 1. The van der Waals surface area contributed by atoms with E-state index in [9.17, 15) is 5.11 Å². The van der Waals surface area contributed by atoms with E-state index < -0.39 is 0 Å². The van der Waals surface area contributed by atoms with Gasteiger partial charge in [0.15, 0.2) is 0 Å². The van der Waals surface area contributed by atoms with Crippen LogP contribution < -0.4 is 9.64 Å². The topological polar surface area (TPSA) is 32.7 Å². The Morgan fingerprint density at radius 2 is 2.28 bits per heavy atom. The van der Waals surface area contributed by atoms with Gasteiger partial charge >= 0.3 is 0 Å². The van der Waals surface area contributed by atoms with Crippen molar-refractivity contribution in [2.45, 2.75) is 25.9 Å². The predicted molar refractivity (Wildman–Crippen MR) is 74.6 cm³/mol. The number of nitrogens with zero attached hydrogens (tertiary/aromatic N) is 1. The van der Waals surface area contributed by atoms with Gasteiger partial charge < -0.3 is 14.7 Å². The lowest BCUT2D eigenvalue weighted by atomic mass is 9.93. The molecule has 1 heterocycles. The van der Waals surface area contributed by atoms with Gasteiger partial charge in [-0.2, -0.15) is 0 Å². The minimum atomic E-state index is -0.248. The van der Waals surface area contributed by atoms with Crippen molar-refractivity contribution >= 4 is 17.3 Å². The highest BCUT2D eigenvalue weighted by atomic mass is 35.5. The standard InChI is InChI=1S/C14H20ClNO2/c1-10(17)11-4-3-7-16(9-11)12-5-6-13(15)14(8-12)18-2/h5-6,8,10-11,17H,3-4,7,9H2,1-2H3. The highest BCUT2D eigenvalue weighted by molar-refractivity contribution is 6.32. The van der Waals surface area contributed by atoms with Gasteiger partial charge in [-0.05, 0) is 31.9 Å². The van der Waals surface area contributed by atoms with E-state index >= 15 is 0 Å². The van der Waals surface area contributed by atoms with Gasteiger partial charge in [-0.3, -0.25) is 0 Å². The van der Waals surface area contributed by atoms with Gasteiger partial charge in [0.1, 0.15) is 5.75 Å². The smallest absolute Gasteiger partial charge is 0.139 e.